The monoisotopic (exact) mass is 397 g/mol. The summed E-state index contributed by atoms with van der Waals surface area (Å²) in [6.45, 7) is 2.11. The van der Waals surface area contributed by atoms with Gasteiger partial charge >= 0.3 is 5.69 Å². The number of benzene rings is 1. The van der Waals surface area contributed by atoms with E-state index in [-0.39, 0.29) is 23.1 Å². The number of nitrogens with one attached hydrogen (secondary N) is 2. The number of likely N-dealkylation sites (N-methyl/N-ethyl adjacent to an activating group) is 1. The number of aromatic nitrogens is 2. The van der Waals surface area contributed by atoms with E-state index in [1.54, 1.807) is 0 Å². The number of carbonyl (C=O) groups excluding carboxylic acids is 1. The Morgan fingerprint density at radius 2 is 2.11 bits per heavy atom. The predicted octanol–water partition coefficient (Wildman–Crippen LogP) is 1.79. The Labute approximate surface area is 159 Å². The Balaban J connectivity index is 2.20. The van der Waals surface area contributed by atoms with Crippen LogP contribution in [0.1, 0.15) is 19.8 Å². The number of hydrogen-bond donors (Lipinski definition) is 3. The van der Waals surface area contributed by atoms with Crippen molar-refractivity contribution in [2.75, 3.05) is 29.5 Å². The van der Waals surface area contributed by atoms with E-state index in [1.807, 2.05) is 6.92 Å². The van der Waals surface area contributed by atoms with Crippen molar-refractivity contribution in [1.29, 1.82) is 0 Å². The fourth-order valence-electron chi connectivity index (χ4n) is 2.55. The fourth-order valence-corrected chi connectivity index (χ4v) is 2.73. The molecule has 0 atom stereocenters. The first kappa shape index (κ1) is 20.5. The lowest BCUT2D eigenvalue weighted by atomic mass is 10.3. The normalized spacial score (nSPS) is 10.7. The van der Waals surface area contributed by atoms with Gasteiger partial charge in [-0.25, -0.2) is 9.18 Å². The quantitative estimate of drug-likeness (QED) is 0.659. The van der Waals surface area contributed by atoms with Crippen molar-refractivity contribution in [1.82, 2.24) is 9.55 Å². The number of anilines is 3. The summed E-state index contributed by atoms with van der Waals surface area (Å²) < 4.78 is 14.5. The van der Waals surface area contributed by atoms with Crippen LogP contribution < -0.4 is 27.2 Å². The molecule has 0 bridgehead atoms. The van der Waals surface area contributed by atoms with Crippen LogP contribution in [-0.4, -0.2) is 29.1 Å². The number of nitrogens with zero attached hydrogens (tertiary/aromatic N) is 2. The molecule has 0 aliphatic rings. The van der Waals surface area contributed by atoms with Crippen LogP contribution in [0.5, 0.6) is 0 Å². The van der Waals surface area contributed by atoms with Gasteiger partial charge in [-0.05, 0) is 24.6 Å². The predicted molar refractivity (Wildman–Crippen MR) is 104 cm³/mol. The van der Waals surface area contributed by atoms with Crippen molar-refractivity contribution in [2.45, 2.75) is 26.3 Å². The minimum Gasteiger partial charge on any atom is -0.383 e. The van der Waals surface area contributed by atoms with Gasteiger partial charge in [0, 0.05) is 19.3 Å². The molecule has 0 saturated heterocycles. The maximum atomic E-state index is 13.2. The topological polar surface area (TPSA) is 113 Å². The summed E-state index contributed by atoms with van der Waals surface area (Å²) >= 11 is 5.68. The molecule has 146 valence electrons. The van der Waals surface area contributed by atoms with Crippen LogP contribution in [0.3, 0.4) is 0 Å². The molecule has 1 aromatic heterocycles. The molecular weight excluding hydrogens is 377 g/mol. The Bertz CT molecular complexity index is 957. The number of rotatable bonds is 7. The summed E-state index contributed by atoms with van der Waals surface area (Å²) in [5.41, 5.74) is 5.08. The van der Waals surface area contributed by atoms with Gasteiger partial charge in [-0.3, -0.25) is 19.1 Å². The molecule has 0 fully saturated rings. The third kappa shape index (κ3) is 4.88. The lowest BCUT2D eigenvalue weighted by molar-refractivity contribution is -0.114. The zero-order chi connectivity index (χ0) is 20.1. The Morgan fingerprint density at radius 3 is 2.74 bits per heavy atom. The van der Waals surface area contributed by atoms with Gasteiger partial charge in [-0.15, -0.1) is 0 Å². The average Bonchev–Trinajstić information content (AvgIpc) is 2.57. The molecule has 10 heteroatoms. The highest BCUT2D eigenvalue weighted by molar-refractivity contribution is 6.31. The molecule has 2 aromatic rings. The molecule has 1 aromatic carbocycles. The first-order valence-corrected chi connectivity index (χ1v) is 8.71. The highest BCUT2D eigenvalue weighted by Gasteiger charge is 2.18. The van der Waals surface area contributed by atoms with Crippen molar-refractivity contribution in [3.8, 4) is 0 Å². The third-order valence-corrected chi connectivity index (χ3v) is 4.20. The minimum absolute atomic E-state index is 0.00248. The zero-order valence-electron chi connectivity index (χ0n) is 15.0. The third-order valence-electron chi connectivity index (χ3n) is 3.92. The van der Waals surface area contributed by atoms with E-state index < -0.39 is 23.0 Å². The molecular formula is C17H21ClFN5O3. The summed E-state index contributed by atoms with van der Waals surface area (Å²) in [7, 11) is 1.51. The Kier molecular flexibility index (Phi) is 6.62. The average molecular weight is 398 g/mol. The molecule has 1 heterocycles. The second kappa shape index (κ2) is 8.72. The van der Waals surface area contributed by atoms with Crippen LogP contribution in [0.25, 0.3) is 0 Å². The number of amides is 1. The molecule has 2 rings (SSSR count). The highest BCUT2D eigenvalue weighted by Crippen LogP contribution is 2.20. The van der Waals surface area contributed by atoms with Crippen molar-refractivity contribution in [3.63, 3.8) is 0 Å². The zero-order valence-corrected chi connectivity index (χ0v) is 15.8. The molecule has 0 radical (unpaired) electrons. The largest absolute Gasteiger partial charge is 0.383 e. The summed E-state index contributed by atoms with van der Waals surface area (Å²) in [5, 5.41) is 2.44. The number of unbranched alkanes of at least 4 members (excludes halogenated alkanes) is 1. The SMILES string of the molecule is CCCCn1c(N)c(N(C)CC(=O)Nc2ccc(F)c(Cl)c2)c(=O)[nH]c1=O. The van der Waals surface area contributed by atoms with Crippen LogP contribution in [0, 0.1) is 5.82 Å². The van der Waals surface area contributed by atoms with E-state index in [2.05, 4.69) is 10.3 Å². The fraction of sp³-hybridized carbons (Fsp3) is 0.353. The number of carbonyl (C=O) groups is 1. The molecule has 0 aliphatic heterocycles. The molecule has 4 N–H and O–H groups in total. The van der Waals surface area contributed by atoms with Crippen LogP contribution >= 0.6 is 11.6 Å². The van der Waals surface area contributed by atoms with Gasteiger partial charge in [-0.1, -0.05) is 24.9 Å². The summed E-state index contributed by atoms with van der Waals surface area (Å²) in [6, 6.07) is 3.78. The molecule has 0 saturated carbocycles. The van der Waals surface area contributed by atoms with E-state index in [0.717, 1.165) is 12.5 Å². The first-order chi connectivity index (χ1) is 12.7. The number of H-pyrrole nitrogens is 1. The van der Waals surface area contributed by atoms with Gasteiger partial charge in [0.25, 0.3) is 5.56 Å². The molecule has 0 aliphatic carbocycles. The van der Waals surface area contributed by atoms with Crippen LogP contribution in [0.15, 0.2) is 27.8 Å². The van der Waals surface area contributed by atoms with Crippen LogP contribution in [-0.2, 0) is 11.3 Å². The summed E-state index contributed by atoms with van der Waals surface area (Å²) in [4.78, 5) is 39.9. The van der Waals surface area contributed by atoms with Crippen molar-refractivity contribution in [2.24, 2.45) is 0 Å². The molecule has 8 nitrogen and oxygen atoms in total. The Morgan fingerprint density at radius 1 is 1.41 bits per heavy atom. The standard InChI is InChI=1S/C17H21ClFN5O3/c1-3-4-7-24-15(20)14(16(26)22-17(24)27)23(2)9-13(25)21-10-5-6-12(19)11(18)8-10/h5-6,8H,3-4,7,9,20H2,1-2H3,(H,21,25)(H,22,26,27). The second-order valence-electron chi connectivity index (χ2n) is 6.03. The lowest BCUT2D eigenvalue weighted by Gasteiger charge is -2.21. The molecule has 0 spiro atoms. The highest BCUT2D eigenvalue weighted by atomic mass is 35.5. The van der Waals surface area contributed by atoms with E-state index in [0.29, 0.717) is 18.7 Å². The van der Waals surface area contributed by atoms with Gasteiger partial charge in [0.15, 0.2) is 0 Å². The number of hydrogen-bond acceptors (Lipinski definition) is 5. The van der Waals surface area contributed by atoms with Gasteiger partial charge in [0.2, 0.25) is 5.91 Å². The van der Waals surface area contributed by atoms with E-state index in [9.17, 15) is 18.8 Å². The van der Waals surface area contributed by atoms with E-state index in [1.165, 1.54) is 28.6 Å². The molecule has 0 unspecified atom stereocenters. The van der Waals surface area contributed by atoms with E-state index in [4.69, 9.17) is 17.3 Å². The van der Waals surface area contributed by atoms with Crippen molar-refractivity contribution < 1.29 is 9.18 Å². The number of aromatic amines is 1. The van der Waals surface area contributed by atoms with Crippen molar-refractivity contribution in [3.05, 3.63) is 49.9 Å². The van der Waals surface area contributed by atoms with Crippen LogP contribution in [0.4, 0.5) is 21.6 Å². The maximum absolute atomic E-state index is 13.2. The summed E-state index contributed by atoms with van der Waals surface area (Å²) in [5.74, 6) is -1.07. The lowest BCUT2D eigenvalue weighted by Crippen LogP contribution is -2.39. The van der Waals surface area contributed by atoms with E-state index >= 15 is 0 Å². The van der Waals surface area contributed by atoms with Gasteiger partial charge in [0.05, 0.1) is 11.6 Å². The number of nitrogen functional groups attached to an aromatic ring is 1. The second-order valence-corrected chi connectivity index (χ2v) is 6.44. The van der Waals surface area contributed by atoms with Crippen molar-refractivity contribution >= 4 is 34.7 Å². The number of halogens is 2. The van der Waals surface area contributed by atoms with Gasteiger partial charge in [-0.2, -0.15) is 0 Å². The maximum Gasteiger partial charge on any atom is 0.330 e. The smallest absolute Gasteiger partial charge is 0.330 e. The van der Waals surface area contributed by atoms with Gasteiger partial charge in [0.1, 0.15) is 17.3 Å². The molecule has 27 heavy (non-hydrogen) atoms. The molecule has 1 amide bonds. The van der Waals surface area contributed by atoms with Gasteiger partial charge < -0.3 is 16.0 Å². The number of nitrogens with two attached hydrogens (primary N) is 1. The van der Waals surface area contributed by atoms with Crippen LogP contribution in [0.2, 0.25) is 5.02 Å². The Hall–Kier alpha value is -2.81. The summed E-state index contributed by atoms with van der Waals surface area (Å²) in [6.07, 6.45) is 1.56. The first-order valence-electron chi connectivity index (χ1n) is 8.33. The minimum atomic E-state index is -0.676.